The summed E-state index contributed by atoms with van der Waals surface area (Å²) in [4.78, 5) is 10.4. The molecule has 2 rings (SSSR count). The Morgan fingerprint density at radius 3 is 1.00 bits per heavy atom. The van der Waals surface area contributed by atoms with E-state index in [0.717, 1.165) is 32.2 Å². The minimum Gasteiger partial charge on any atom is -1.00 e. The molecule has 0 aromatic rings. The maximum absolute atomic E-state index is 6.00. The van der Waals surface area contributed by atoms with Crippen molar-refractivity contribution in [3.63, 3.8) is 0 Å². The first kappa shape index (κ1) is 61.6. The van der Waals surface area contributed by atoms with Crippen molar-refractivity contribution in [3.05, 3.63) is 0 Å². The van der Waals surface area contributed by atoms with Gasteiger partial charge in [0.25, 0.3) is 0 Å². The molecule has 45 heavy (non-hydrogen) atoms. The van der Waals surface area contributed by atoms with Crippen molar-refractivity contribution in [2.24, 2.45) is 0 Å². The standard InChI is InChI=1S/C16H39N3Si2.C10H21ClN2.C4H10O.4CH4.ClH.Li/c1-14(2)17-11-12-18(15(3)4)16(17)13-19(20(5,6)7)21(8,9)10;1-8(2)12-5-6-13(9(3)4)10(12)7-11;1-3-5-4-2;;;;;;/h14-16H,11-13H2,1-10H3;8-10H,5-7H2,1-4H3;3-4H2,1-2H3;4*1H4;1H;/q;;;;;;;;+1/p-1. The van der Waals surface area contributed by atoms with Crippen LogP contribution in [0.2, 0.25) is 39.3 Å². The van der Waals surface area contributed by atoms with Gasteiger partial charge in [0.2, 0.25) is 0 Å². The fourth-order valence-corrected chi connectivity index (χ4v) is 16.0. The Morgan fingerprint density at radius 1 is 0.600 bits per heavy atom. The van der Waals surface area contributed by atoms with Crippen molar-refractivity contribution in [1.29, 1.82) is 0 Å². The van der Waals surface area contributed by atoms with Crippen LogP contribution in [0, 0.1) is 0 Å². The van der Waals surface area contributed by atoms with E-state index in [0.29, 0.717) is 36.5 Å². The molecule has 276 valence electrons. The number of ether oxygens (including phenoxy) is 1. The van der Waals surface area contributed by atoms with Gasteiger partial charge < -0.3 is 21.4 Å². The van der Waals surface area contributed by atoms with Crippen molar-refractivity contribution < 1.29 is 36.0 Å². The van der Waals surface area contributed by atoms with Gasteiger partial charge in [-0.25, -0.2) is 0 Å². The zero-order valence-electron chi connectivity index (χ0n) is 30.5. The number of halogens is 2. The van der Waals surface area contributed by atoms with Gasteiger partial charge in [-0.05, 0) is 69.2 Å². The summed E-state index contributed by atoms with van der Waals surface area (Å²) in [5.41, 5.74) is 0. The third kappa shape index (κ3) is 21.3. The summed E-state index contributed by atoms with van der Waals surface area (Å²) >= 11 is 6.00. The second kappa shape index (κ2) is 29.1. The van der Waals surface area contributed by atoms with Gasteiger partial charge in [-0.2, -0.15) is 0 Å². The van der Waals surface area contributed by atoms with Crippen LogP contribution in [0.15, 0.2) is 0 Å². The summed E-state index contributed by atoms with van der Waals surface area (Å²) in [6.45, 7) is 45.1. The molecule has 0 unspecified atom stereocenters. The van der Waals surface area contributed by atoms with E-state index < -0.39 is 16.5 Å². The summed E-state index contributed by atoms with van der Waals surface area (Å²) in [5.74, 6) is 0.719. The number of nitrogens with zero attached hydrogens (tertiary/aromatic N) is 5. The SMILES string of the molecule is C.C.C.C.CC(C)N1CCN(C(C)C)C1CCl.CC(C)N1CCN(C(C)C)C1CN([Si](C)(C)C)[Si](C)(C)C.CCOCC.[Cl-].[Li+]. The van der Waals surface area contributed by atoms with Gasteiger partial charge in [0, 0.05) is 70.1 Å². The molecule has 0 spiro atoms. The van der Waals surface area contributed by atoms with Crippen LogP contribution in [0.25, 0.3) is 0 Å². The second-order valence-corrected chi connectivity index (χ2v) is 24.7. The third-order valence-electron chi connectivity index (χ3n) is 7.93. The van der Waals surface area contributed by atoms with Gasteiger partial charge in [-0.15, -0.1) is 11.6 Å². The molecule has 0 bridgehead atoms. The molecule has 2 aliphatic rings. The first-order valence-electron chi connectivity index (χ1n) is 15.8. The molecular weight excluding hydrogens is 628 g/mol. The van der Waals surface area contributed by atoms with Gasteiger partial charge >= 0.3 is 18.9 Å². The second-order valence-electron chi connectivity index (χ2n) is 14.2. The van der Waals surface area contributed by atoms with Crippen LogP contribution in [-0.2, 0) is 4.74 Å². The molecular formula is C34H86Cl2LiN5OSi2. The zero-order valence-corrected chi connectivity index (χ0v) is 34.0. The largest absolute Gasteiger partial charge is 1.00 e. The first-order valence-corrected chi connectivity index (χ1v) is 23.2. The first-order chi connectivity index (χ1) is 17.8. The van der Waals surface area contributed by atoms with Crippen LogP contribution < -0.4 is 31.3 Å². The monoisotopic (exact) mass is 714 g/mol. The van der Waals surface area contributed by atoms with E-state index in [1.165, 1.54) is 19.6 Å². The molecule has 2 saturated heterocycles. The minimum atomic E-state index is -1.28. The molecule has 6 nitrogen and oxygen atoms in total. The van der Waals surface area contributed by atoms with E-state index in [9.17, 15) is 0 Å². The third-order valence-corrected chi connectivity index (χ3v) is 15.8. The molecule has 2 heterocycles. The van der Waals surface area contributed by atoms with Crippen molar-refractivity contribution in [1.82, 2.24) is 23.8 Å². The Morgan fingerprint density at radius 2 is 0.844 bits per heavy atom. The van der Waals surface area contributed by atoms with Crippen LogP contribution >= 0.6 is 11.6 Å². The molecule has 11 heteroatoms. The van der Waals surface area contributed by atoms with Crippen LogP contribution in [-0.4, -0.2) is 129 Å². The van der Waals surface area contributed by atoms with Gasteiger partial charge in [0.15, 0.2) is 0 Å². The fourth-order valence-electron chi connectivity index (χ4n) is 6.16. The molecule has 0 aliphatic carbocycles. The normalized spacial score (nSPS) is 16.9. The summed E-state index contributed by atoms with van der Waals surface area (Å²) in [6, 6.07) is 2.49. The average Bonchev–Trinajstić information content (AvgIpc) is 3.42. The molecule has 0 saturated carbocycles. The van der Waals surface area contributed by atoms with E-state index in [-0.39, 0.29) is 61.0 Å². The van der Waals surface area contributed by atoms with Crippen LogP contribution in [0.3, 0.4) is 0 Å². The maximum Gasteiger partial charge on any atom is 1.00 e. The Hall–Kier alpha value is 1.37. The van der Waals surface area contributed by atoms with Gasteiger partial charge in [-0.1, -0.05) is 69.0 Å². The molecule has 0 aromatic carbocycles. The Labute approximate surface area is 312 Å². The van der Waals surface area contributed by atoms with E-state index in [4.69, 9.17) is 16.3 Å². The maximum atomic E-state index is 6.00. The Balaban J connectivity index is -0.000000105. The summed E-state index contributed by atoms with van der Waals surface area (Å²) in [7, 11) is -2.55. The van der Waals surface area contributed by atoms with E-state index in [2.05, 4.69) is 119 Å². The van der Waals surface area contributed by atoms with Crippen LogP contribution in [0.5, 0.6) is 0 Å². The number of alkyl halides is 1. The van der Waals surface area contributed by atoms with Gasteiger partial charge in [0.1, 0.15) is 16.5 Å². The summed E-state index contributed by atoms with van der Waals surface area (Å²) in [5, 5.41) is 0. The quantitative estimate of drug-likeness (QED) is 0.241. The predicted molar refractivity (Wildman–Crippen MR) is 208 cm³/mol. The average molecular weight is 715 g/mol. The fraction of sp³-hybridized carbons (Fsp3) is 1.00. The minimum absolute atomic E-state index is 0. The van der Waals surface area contributed by atoms with Crippen LogP contribution in [0.1, 0.15) is 98.9 Å². The van der Waals surface area contributed by atoms with Crippen molar-refractivity contribution >= 4 is 28.1 Å². The van der Waals surface area contributed by atoms with Crippen molar-refractivity contribution in [3.8, 4) is 0 Å². The van der Waals surface area contributed by atoms with E-state index >= 15 is 0 Å². The van der Waals surface area contributed by atoms with E-state index in [1.807, 2.05) is 13.8 Å². The van der Waals surface area contributed by atoms with Gasteiger partial charge in [-0.3, -0.25) is 19.6 Å². The molecule has 2 fully saturated rings. The number of hydrogen-bond donors (Lipinski definition) is 0. The number of hydrogen-bond acceptors (Lipinski definition) is 6. The van der Waals surface area contributed by atoms with Crippen molar-refractivity contribution in [2.75, 3.05) is 51.8 Å². The molecule has 0 amide bonds. The van der Waals surface area contributed by atoms with Gasteiger partial charge in [0.05, 0.1) is 18.2 Å². The van der Waals surface area contributed by atoms with Crippen LogP contribution in [0.4, 0.5) is 0 Å². The Kier molecular flexibility index (Phi) is 39.9. The molecule has 0 radical (unpaired) electrons. The predicted octanol–water partition coefficient (Wildman–Crippen LogP) is 3.30. The van der Waals surface area contributed by atoms with E-state index in [1.54, 1.807) is 0 Å². The Bertz CT molecular complexity index is 605. The molecule has 0 atom stereocenters. The molecule has 0 N–H and O–H groups in total. The van der Waals surface area contributed by atoms with Crippen molar-refractivity contribution in [2.45, 2.75) is 175 Å². The number of rotatable bonds is 11. The smallest absolute Gasteiger partial charge is 1.00 e. The summed E-state index contributed by atoms with van der Waals surface area (Å²) in [6.07, 6.45) is 1.05. The molecule has 0 aromatic heterocycles. The summed E-state index contributed by atoms with van der Waals surface area (Å²) < 4.78 is 7.78. The molecule has 2 aliphatic heterocycles. The zero-order chi connectivity index (χ0) is 30.7. The topological polar surface area (TPSA) is 25.4 Å².